The fourth-order valence-corrected chi connectivity index (χ4v) is 3.82. The fraction of sp³-hybridized carbons (Fsp3) is 0.167. The van der Waals surface area contributed by atoms with Crippen molar-refractivity contribution >= 4 is 11.9 Å². The number of hydrogen-bond donors (Lipinski definition) is 2. The molecule has 0 heterocycles. The molecular weight excluding hydrogens is 368 g/mol. The van der Waals surface area contributed by atoms with Crippen LogP contribution in [-0.4, -0.2) is 34.9 Å². The van der Waals surface area contributed by atoms with Crippen molar-refractivity contribution < 1.29 is 24.5 Å². The maximum absolute atomic E-state index is 12.3. The zero-order valence-electron chi connectivity index (χ0n) is 15.7. The van der Waals surface area contributed by atoms with Crippen molar-refractivity contribution in [2.45, 2.75) is 18.9 Å². The SMILES string of the molecule is O=C(O)c1ccccc1C(=O)OCC(O)Cc1cccc2c1Cc1ccccc1-2. The van der Waals surface area contributed by atoms with E-state index < -0.39 is 18.0 Å². The van der Waals surface area contributed by atoms with Crippen molar-refractivity contribution in [3.63, 3.8) is 0 Å². The Kier molecular flexibility index (Phi) is 5.14. The molecule has 1 aliphatic rings. The average Bonchev–Trinajstić information content (AvgIpc) is 3.12. The Bertz CT molecular complexity index is 1090. The van der Waals surface area contributed by atoms with Gasteiger partial charge in [-0.2, -0.15) is 0 Å². The molecule has 29 heavy (non-hydrogen) atoms. The van der Waals surface area contributed by atoms with Gasteiger partial charge >= 0.3 is 11.9 Å². The number of rotatable bonds is 6. The Hall–Kier alpha value is -3.44. The van der Waals surface area contributed by atoms with E-state index in [-0.39, 0.29) is 17.7 Å². The first-order valence-corrected chi connectivity index (χ1v) is 9.41. The van der Waals surface area contributed by atoms with Gasteiger partial charge in [0.05, 0.1) is 17.2 Å². The lowest BCUT2D eigenvalue weighted by atomic mass is 9.97. The summed E-state index contributed by atoms with van der Waals surface area (Å²) in [6, 6.07) is 20.2. The molecule has 1 unspecified atom stereocenters. The third-order valence-corrected chi connectivity index (χ3v) is 5.19. The van der Waals surface area contributed by atoms with Crippen LogP contribution in [0.5, 0.6) is 0 Å². The van der Waals surface area contributed by atoms with E-state index >= 15 is 0 Å². The van der Waals surface area contributed by atoms with Crippen LogP contribution in [0.2, 0.25) is 0 Å². The van der Waals surface area contributed by atoms with Crippen LogP contribution >= 0.6 is 0 Å². The highest BCUT2D eigenvalue weighted by Crippen LogP contribution is 2.38. The molecule has 1 aliphatic carbocycles. The van der Waals surface area contributed by atoms with E-state index in [0.717, 1.165) is 12.0 Å². The van der Waals surface area contributed by atoms with Crippen LogP contribution in [0.1, 0.15) is 37.4 Å². The molecule has 0 saturated heterocycles. The van der Waals surface area contributed by atoms with Crippen LogP contribution in [0, 0.1) is 0 Å². The topological polar surface area (TPSA) is 83.8 Å². The Labute approximate surface area is 168 Å². The Morgan fingerprint density at radius 2 is 1.59 bits per heavy atom. The van der Waals surface area contributed by atoms with E-state index in [1.165, 1.54) is 34.4 Å². The van der Waals surface area contributed by atoms with Crippen LogP contribution in [0.4, 0.5) is 0 Å². The quantitative estimate of drug-likeness (QED) is 0.492. The highest BCUT2D eigenvalue weighted by molar-refractivity contribution is 6.02. The van der Waals surface area contributed by atoms with Gasteiger partial charge in [-0.1, -0.05) is 54.6 Å². The summed E-state index contributed by atoms with van der Waals surface area (Å²) in [6.07, 6.45) is 0.289. The summed E-state index contributed by atoms with van der Waals surface area (Å²) in [5, 5.41) is 19.6. The molecule has 0 saturated carbocycles. The number of carboxylic acid groups (broad SMARTS) is 1. The number of hydrogen-bond acceptors (Lipinski definition) is 4. The van der Waals surface area contributed by atoms with Gasteiger partial charge in [0.25, 0.3) is 0 Å². The first-order chi connectivity index (χ1) is 14.0. The van der Waals surface area contributed by atoms with Crippen LogP contribution in [0.25, 0.3) is 11.1 Å². The number of carboxylic acids is 1. The van der Waals surface area contributed by atoms with Crippen molar-refractivity contribution in [1.82, 2.24) is 0 Å². The number of benzene rings is 3. The summed E-state index contributed by atoms with van der Waals surface area (Å²) in [5.41, 5.74) is 5.73. The van der Waals surface area contributed by atoms with E-state index in [1.54, 1.807) is 12.1 Å². The van der Waals surface area contributed by atoms with E-state index in [9.17, 15) is 19.8 Å². The average molecular weight is 388 g/mol. The van der Waals surface area contributed by atoms with Gasteiger partial charge in [-0.05, 0) is 46.4 Å². The summed E-state index contributed by atoms with van der Waals surface area (Å²) in [4.78, 5) is 23.5. The third kappa shape index (κ3) is 3.77. The first kappa shape index (κ1) is 18.9. The molecule has 0 spiro atoms. The van der Waals surface area contributed by atoms with Crippen LogP contribution < -0.4 is 0 Å². The van der Waals surface area contributed by atoms with E-state index in [4.69, 9.17) is 4.74 Å². The van der Waals surface area contributed by atoms with Crippen molar-refractivity contribution in [2.24, 2.45) is 0 Å². The smallest absolute Gasteiger partial charge is 0.339 e. The first-order valence-electron chi connectivity index (χ1n) is 9.41. The maximum Gasteiger partial charge on any atom is 0.339 e. The van der Waals surface area contributed by atoms with Crippen LogP contribution in [0.3, 0.4) is 0 Å². The summed E-state index contributed by atoms with van der Waals surface area (Å²) in [5.74, 6) is -1.95. The normalized spacial score (nSPS) is 12.7. The summed E-state index contributed by atoms with van der Waals surface area (Å²) in [6.45, 7) is -0.205. The lowest BCUT2D eigenvalue weighted by molar-refractivity contribution is 0.0255. The number of ether oxygens (including phenoxy) is 1. The van der Waals surface area contributed by atoms with Gasteiger partial charge in [-0.25, -0.2) is 9.59 Å². The van der Waals surface area contributed by atoms with E-state index in [0.29, 0.717) is 6.42 Å². The number of aliphatic hydroxyl groups excluding tert-OH is 1. The fourth-order valence-electron chi connectivity index (χ4n) is 3.82. The van der Waals surface area contributed by atoms with E-state index in [2.05, 4.69) is 18.2 Å². The monoisotopic (exact) mass is 388 g/mol. The van der Waals surface area contributed by atoms with Gasteiger partial charge in [-0.3, -0.25) is 0 Å². The van der Waals surface area contributed by atoms with Gasteiger partial charge in [0.15, 0.2) is 0 Å². The predicted octanol–water partition coefficient (Wildman–Crippen LogP) is 3.72. The number of fused-ring (bicyclic) bond motifs is 3. The zero-order chi connectivity index (χ0) is 20.4. The second-order valence-electron chi connectivity index (χ2n) is 7.08. The number of carbonyl (C=O) groups excluding carboxylic acids is 1. The Morgan fingerprint density at radius 3 is 2.38 bits per heavy atom. The van der Waals surface area contributed by atoms with Crippen LogP contribution in [-0.2, 0) is 17.6 Å². The molecule has 1 atom stereocenters. The highest BCUT2D eigenvalue weighted by Gasteiger charge is 2.22. The minimum absolute atomic E-state index is 0.0248. The highest BCUT2D eigenvalue weighted by atomic mass is 16.5. The van der Waals surface area contributed by atoms with Gasteiger partial charge in [0.1, 0.15) is 6.61 Å². The van der Waals surface area contributed by atoms with Crippen molar-refractivity contribution in [2.75, 3.05) is 6.61 Å². The second kappa shape index (κ2) is 7.89. The summed E-state index contributed by atoms with van der Waals surface area (Å²) < 4.78 is 5.18. The molecule has 5 nitrogen and oxygen atoms in total. The predicted molar refractivity (Wildman–Crippen MR) is 108 cm³/mol. The second-order valence-corrected chi connectivity index (χ2v) is 7.08. The van der Waals surface area contributed by atoms with E-state index in [1.807, 2.05) is 24.3 Å². The summed E-state index contributed by atoms with van der Waals surface area (Å²) in [7, 11) is 0. The van der Waals surface area contributed by atoms with Gasteiger partial charge < -0.3 is 14.9 Å². The largest absolute Gasteiger partial charge is 0.478 e. The Balaban J connectivity index is 1.44. The summed E-state index contributed by atoms with van der Waals surface area (Å²) >= 11 is 0. The molecule has 3 aromatic carbocycles. The molecule has 0 aromatic heterocycles. The third-order valence-electron chi connectivity index (χ3n) is 5.19. The number of aliphatic hydroxyl groups is 1. The van der Waals surface area contributed by atoms with Crippen molar-refractivity contribution in [3.05, 3.63) is 94.5 Å². The lowest BCUT2D eigenvalue weighted by Crippen LogP contribution is -2.22. The number of aromatic carboxylic acids is 1. The minimum atomic E-state index is -1.20. The van der Waals surface area contributed by atoms with Crippen molar-refractivity contribution in [1.29, 1.82) is 0 Å². The molecular formula is C24H20O5. The number of esters is 1. The molecule has 5 heteroatoms. The molecule has 3 aromatic rings. The molecule has 4 rings (SSSR count). The number of carbonyl (C=O) groups is 2. The lowest BCUT2D eigenvalue weighted by Gasteiger charge is -2.15. The van der Waals surface area contributed by atoms with Crippen LogP contribution in [0.15, 0.2) is 66.7 Å². The molecule has 0 bridgehead atoms. The van der Waals surface area contributed by atoms with Gasteiger partial charge in [-0.15, -0.1) is 0 Å². The molecule has 2 N–H and O–H groups in total. The zero-order valence-corrected chi connectivity index (χ0v) is 15.7. The van der Waals surface area contributed by atoms with Crippen molar-refractivity contribution in [3.8, 4) is 11.1 Å². The van der Waals surface area contributed by atoms with Gasteiger partial charge in [0.2, 0.25) is 0 Å². The Morgan fingerprint density at radius 1 is 0.897 bits per heavy atom. The maximum atomic E-state index is 12.3. The standard InChI is InChI=1S/C24H20O5/c25-17(14-29-24(28)21-10-4-3-9-20(21)23(26)27)12-15-7-5-11-19-18-8-2-1-6-16(18)13-22(15)19/h1-11,17,25H,12-14H2,(H,26,27). The van der Waals surface area contributed by atoms with Gasteiger partial charge in [0, 0.05) is 6.42 Å². The molecule has 146 valence electrons. The molecule has 0 fully saturated rings. The molecule has 0 radical (unpaired) electrons. The molecule has 0 aliphatic heterocycles. The minimum Gasteiger partial charge on any atom is -0.478 e. The molecule has 0 amide bonds.